The Balaban J connectivity index is 2.33. The van der Waals surface area contributed by atoms with Crippen LogP contribution in [0.4, 0.5) is 8.78 Å². The largest absolute Gasteiger partial charge is 0.466 e. The summed E-state index contributed by atoms with van der Waals surface area (Å²) in [6, 6.07) is 3.87. The second kappa shape index (κ2) is 5.48. The fourth-order valence-electron chi connectivity index (χ4n) is 1.83. The van der Waals surface area contributed by atoms with E-state index in [9.17, 15) is 18.4 Å². The summed E-state index contributed by atoms with van der Waals surface area (Å²) in [5, 5.41) is -3.99. The number of alkyl halides is 3. The fraction of sp³-hybridized carbons (Fsp3) is 0.385. The van der Waals surface area contributed by atoms with Crippen LogP contribution in [0, 0.1) is 0 Å². The lowest BCUT2D eigenvalue weighted by molar-refractivity contribution is -0.213. The number of esters is 1. The molecule has 0 bridgehead atoms. The maximum Gasteiger partial charge on any atom is 0.397 e. The molecule has 1 aromatic carbocycles. The number of halogens is 3. The molecule has 0 N–H and O–H groups in total. The van der Waals surface area contributed by atoms with E-state index in [1.807, 2.05) is 0 Å². The zero-order valence-electron chi connectivity index (χ0n) is 10.9. The van der Waals surface area contributed by atoms with E-state index < -0.39 is 23.6 Å². The van der Waals surface area contributed by atoms with E-state index in [4.69, 9.17) is 21.1 Å². The molecular weight excluding hydrogens is 310 g/mol. The van der Waals surface area contributed by atoms with Crippen LogP contribution in [0.15, 0.2) is 18.2 Å². The number of fused-ring (bicyclic) bond motifs is 1. The zero-order valence-corrected chi connectivity index (χ0v) is 11.7. The van der Waals surface area contributed by atoms with E-state index in [2.05, 4.69) is 4.74 Å². The van der Waals surface area contributed by atoms with Crippen LogP contribution in [0.1, 0.15) is 23.7 Å². The van der Waals surface area contributed by atoms with Gasteiger partial charge in [0.2, 0.25) is 0 Å². The lowest BCUT2D eigenvalue weighted by Gasteiger charge is -2.30. The van der Waals surface area contributed by atoms with Crippen LogP contribution in [-0.2, 0) is 9.53 Å². The molecule has 1 aliphatic heterocycles. The number of aldehydes is 1. The molecular formula is C13H11ClF2O5. The van der Waals surface area contributed by atoms with Crippen LogP contribution in [0.3, 0.4) is 0 Å². The summed E-state index contributed by atoms with van der Waals surface area (Å²) in [5.41, 5.74) is 0.210. The molecule has 2 rings (SSSR count). The Morgan fingerprint density at radius 3 is 2.67 bits per heavy atom. The zero-order chi connectivity index (χ0) is 15.7. The van der Waals surface area contributed by atoms with Gasteiger partial charge in [-0.1, -0.05) is 0 Å². The van der Waals surface area contributed by atoms with Crippen molar-refractivity contribution >= 4 is 23.9 Å². The Labute approximate surface area is 123 Å². The summed E-state index contributed by atoms with van der Waals surface area (Å²) < 4.78 is 42.1. The lowest BCUT2D eigenvalue weighted by atomic mass is 10.2. The van der Waals surface area contributed by atoms with E-state index in [0.717, 1.165) is 0 Å². The monoisotopic (exact) mass is 320 g/mol. The molecule has 0 aliphatic carbocycles. The molecule has 1 aromatic rings. The number of benzene rings is 1. The third-order valence-electron chi connectivity index (χ3n) is 2.77. The highest BCUT2D eigenvalue weighted by Gasteiger charge is 2.62. The van der Waals surface area contributed by atoms with Gasteiger partial charge >= 0.3 is 17.1 Å². The highest BCUT2D eigenvalue weighted by Crippen LogP contribution is 2.49. The van der Waals surface area contributed by atoms with Crippen LogP contribution in [-0.4, -0.2) is 30.0 Å². The van der Waals surface area contributed by atoms with Gasteiger partial charge in [0.1, 0.15) is 12.7 Å². The van der Waals surface area contributed by atoms with E-state index in [1.54, 1.807) is 0 Å². The Morgan fingerprint density at radius 2 is 2.10 bits per heavy atom. The van der Waals surface area contributed by atoms with E-state index in [-0.39, 0.29) is 23.7 Å². The van der Waals surface area contributed by atoms with Crippen molar-refractivity contribution in [1.29, 1.82) is 0 Å². The molecule has 5 nitrogen and oxygen atoms in total. The number of ether oxygens (including phenoxy) is 3. The number of rotatable bonds is 5. The summed E-state index contributed by atoms with van der Waals surface area (Å²) in [7, 11) is 0. The minimum atomic E-state index is -3.99. The van der Waals surface area contributed by atoms with Crippen LogP contribution in [0.25, 0.3) is 0 Å². The van der Waals surface area contributed by atoms with Gasteiger partial charge in [0.15, 0.2) is 11.5 Å². The van der Waals surface area contributed by atoms with Crippen LogP contribution in [0.2, 0.25) is 0 Å². The second-order valence-electron chi connectivity index (χ2n) is 4.26. The number of carbonyl (C=O) groups excluding carboxylic acids is 2. The molecule has 1 aliphatic rings. The van der Waals surface area contributed by atoms with Crippen LogP contribution in [0.5, 0.6) is 11.5 Å². The van der Waals surface area contributed by atoms with Gasteiger partial charge in [0.05, 0.1) is 6.61 Å². The van der Waals surface area contributed by atoms with Crippen LogP contribution >= 0.6 is 11.6 Å². The van der Waals surface area contributed by atoms with E-state index in [1.165, 1.54) is 25.1 Å². The average Bonchev–Trinajstić information content (AvgIpc) is 2.76. The second-order valence-corrected chi connectivity index (χ2v) is 4.74. The first-order valence-electron chi connectivity index (χ1n) is 6.01. The third-order valence-corrected chi connectivity index (χ3v) is 3.06. The maximum atomic E-state index is 13.7. The molecule has 1 heterocycles. The van der Waals surface area contributed by atoms with Gasteiger partial charge in [-0.05, 0) is 36.7 Å². The molecule has 8 heteroatoms. The predicted octanol–water partition coefficient (Wildman–Crippen LogP) is 2.75. The maximum absolute atomic E-state index is 13.7. The van der Waals surface area contributed by atoms with Gasteiger partial charge in [0, 0.05) is 5.56 Å². The Bertz CT molecular complexity index is 572. The normalized spacial score (nSPS) is 20.2. The summed E-state index contributed by atoms with van der Waals surface area (Å²) >= 11 is 5.04. The Kier molecular flexibility index (Phi) is 4.04. The molecule has 0 aromatic heterocycles. The van der Waals surface area contributed by atoms with Crippen molar-refractivity contribution in [3.05, 3.63) is 23.8 Å². The molecule has 114 valence electrons. The third kappa shape index (κ3) is 2.92. The molecule has 21 heavy (non-hydrogen) atoms. The van der Waals surface area contributed by atoms with Gasteiger partial charge in [-0.25, -0.2) is 0 Å². The van der Waals surface area contributed by atoms with E-state index >= 15 is 0 Å². The molecule has 0 spiro atoms. The van der Waals surface area contributed by atoms with Crippen molar-refractivity contribution < 1.29 is 32.6 Å². The number of hydrogen-bond donors (Lipinski definition) is 0. The lowest BCUT2D eigenvalue weighted by Crippen LogP contribution is -2.53. The molecule has 0 amide bonds. The first-order valence-corrected chi connectivity index (χ1v) is 6.38. The fourth-order valence-corrected chi connectivity index (χ4v) is 1.97. The molecule has 1 atom stereocenters. The van der Waals surface area contributed by atoms with Gasteiger partial charge < -0.3 is 14.2 Å². The first kappa shape index (κ1) is 15.5. The average molecular weight is 321 g/mol. The van der Waals surface area contributed by atoms with Crippen LogP contribution < -0.4 is 9.47 Å². The van der Waals surface area contributed by atoms with Crippen molar-refractivity contribution in [3.8, 4) is 11.5 Å². The molecule has 0 saturated carbocycles. The topological polar surface area (TPSA) is 61.8 Å². The van der Waals surface area contributed by atoms with Gasteiger partial charge in [-0.3, -0.25) is 9.59 Å². The quantitative estimate of drug-likeness (QED) is 0.474. The summed E-state index contributed by atoms with van der Waals surface area (Å²) in [5.74, 6) is -3.78. The minimum absolute atomic E-state index is 0.0189. The molecule has 0 radical (unpaired) electrons. The summed E-state index contributed by atoms with van der Waals surface area (Å²) in [6.45, 7) is 1.55. The highest BCUT2D eigenvalue weighted by molar-refractivity contribution is 6.22. The molecule has 0 fully saturated rings. The number of carbonyl (C=O) groups is 2. The Morgan fingerprint density at radius 1 is 1.43 bits per heavy atom. The standard InChI is InChI=1S/C13H11ClF2O5/c1-2-19-11(18)6-12(13(14,15)16)20-9-4-3-8(7-17)5-10(9)21-12/h3-5,7H,2,6H2,1H3/t12-/m0/s1. The highest BCUT2D eigenvalue weighted by atomic mass is 35.5. The molecule has 0 unspecified atom stereocenters. The first-order chi connectivity index (χ1) is 9.81. The number of hydrogen-bond acceptors (Lipinski definition) is 5. The van der Waals surface area contributed by atoms with Crippen molar-refractivity contribution in [2.24, 2.45) is 0 Å². The predicted molar refractivity (Wildman–Crippen MR) is 67.9 cm³/mol. The Hall–Kier alpha value is -1.89. The van der Waals surface area contributed by atoms with E-state index in [0.29, 0.717) is 6.29 Å². The van der Waals surface area contributed by atoms with Crippen molar-refractivity contribution in [3.63, 3.8) is 0 Å². The van der Waals surface area contributed by atoms with Gasteiger partial charge in [0.25, 0.3) is 0 Å². The summed E-state index contributed by atoms with van der Waals surface area (Å²) in [4.78, 5) is 22.2. The SMILES string of the molecule is CCOC(=O)C[C@]1(C(F)(F)Cl)Oc2ccc(C=O)cc2O1. The minimum Gasteiger partial charge on any atom is -0.466 e. The van der Waals surface area contributed by atoms with Crippen molar-refractivity contribution in [1.82, 2.24) is 0 Å². The smallest absolute Gasteiger partial charge is 0.397 e. The van der Waals surface area contributed by atoms with Crippen molar-refractivity contribution in [2.75, 3.05) is 6.61 Å². The van der Waals surface area contributed by atoms with Gasteiger partial charge in [-0.15, -0.1) is 0 Å². The van der Waals surface area contributed by atoms with Gasteiger partial charge in [-0.2, -0.15) is 8.78 Å². The molecule has 0 saturated heterocycles. The van der Waals surface area contributed by atoms with Crippen molar-refractivity contribution in [2.45, 2.75) is 24.5 Å². The summed E-state index contributed by atoms with van der Waals surface area (Å²) in [6.07, 6.45) is -0.379.